The molecule has 3 N–H and O–H groups in total. The molecule has 3 atom stereocenters. The molecule has 0 fully saturated rings. The zero-order valence-electron chi connectivity index (χ0n) is 21.6. The van der Waals surface area contributed by atoms with Crippen molar-refractivity contribution in [2.24, 2.45) is 0 Å². The van der Waals surface area contributed by atoms with Crippen molar-refractivity contribution in [1.82, 2.24) is 0 Å². The van der Waals surface area contributed by atoms with Crippen LogP contribution < -0.4 is 19.6 Å². The molecular formula is C27H32O10. The molecule has 10 heteroatoms. The summed E-state index contributed by atoms with van der Waals surface area (Å²) in [5.41, 5.74) is 1.35. The molecule has 3 rings (SSSR count). The number of ether oxygens (including phenoxy) is 3. The van der Waals surface area contributed by atoms with Gasteiger partial charge in [0.25, 0.3) is 0 Å². The molecular weight excluding hydrogens is 484 g/mol. The maximum absolute atomic E-state index is 10.3. The molecule has 0 aliphatic rings. The Balaban J connectivity index is 1.91. The van der Waals surface area contributed by atoms with Crippen LogP contribution in [0.2, 0.25) is 0 Å². The lowest BCUT2D eigenvalue weighted by atomic mass is 10.1. The maximum atomic E-state index is 10.3. The summed E-state index contributed by atoms with van der Waals surface area (Å²) in [5.74, 6) is 0.571. The van der Waals surface area contributed by atoms with Crippen LogP contribution in [0.3, 0.4) is 0 Å². The fourth-order valence-corrected chi connectivity index (χ4v) is 3.62. The van der Waals surface area contributed by atoms with Gasteiger partial charge in [0.15, 0.2) is 23.0 Å². The zero-order valence-corrected chi connectivity index (χ0v) is 21.6. The second-order valence-corrected chi connectivity index (χ2v) is 8.23. The van der Waals surface area contributed by atoms with E-state index in [1.807, 2.05) is 6.92 Å². The highest BCUT2D eigenvalue weighted by molar-refractivity contribution is 5.51. The van der Waals surface area contributed by atoms with E-state index in [1.165, 1.54) is 38.5 Å². The van der Waals surface area contributed by atoms with Crippen LogP contribution in [-0.2, 0) is 14.2 Å². The highest BCUT2D eigenvalue weighted by atomic mass is 17.2. The van der Waals surface area contributed by atoms with Crippen molar-refractivity contribution in [3.63, 3.8) is 0 Å². The van der Waals surface area contributed by atoms with Crippen LogP contribution in [0, 0.1) is 0 Å². The lowest BCUT2D eigenvalue weighted by molar-refractivity contribution is -0.114. The molecule has 0 heterocycles. The quantitative estimate of drug-likeness (QED) is 0.205. The average molecular weight is 517 g/mol. The molecule has 0 radical (unpaired) electrons. The lowest BCUT2D eigenvalue weighted by Crippen LogP contribution is -2.12. The molecule has 0 amide bonds. The summed E-state index contributed by atoms with van der Waals surface area (Å²) in [6, 6.07) is 12.0. The number of phenolic OH excluding ortho intramolecular Hbond substituents is 3. The number of benzene rings is 3. The van der Waals surface area contributed by atoms with Gasteiger partial charge in [-0.1, -0.05) is 6.07 Å². The van der Waals surface area contributed by atoms with Gasteiger partial charge in [-0.3, -0.25) is 19.6 Å². The number of aromatic hydroxyl groups is 3. The molecule has 0 saturated carbocycles. The largest absolute Gasteiger partial charge is 0.508 e. The van der Waals surface area contributed by atoms with Crippen molar-refractivity contribution in [2.45, 2.75) is 39.1 Å². The first-order valence-corrected chi connectivity index (χ1v) is 11.5. The molecule has 10 nitrogen and oxygen atoms in total. The van der Waals surface area contributed by atoms with E-state index in [9.17, 15) is 15.3 Å². The Morgan fingerprint density at radius 1 is 0.541 bits per heavy atom. The average Bonchev–Trinajstić information content (AvgIpc) is 2.89. The van der Waals surface area contributed by atoms with Gasteiger partial charge in [0, 0.05) is 39.0 Å². The first-order valence-electron chi connectivity index (χ1n) is 11.5. The highest BCUT2D eigenvalue weighted by Gasteiger charge is 2.24. The van der Waals surface area contributed by atoms with Crippen LogP contribution in [0.15, 0.2) is 48.5 Å². The summed E-state index contributed by atoms with van der Waals surface area (Å²) in [4.78, 5) is 22.5. The second kappa shape index (κ2) is 12.4. The van der Waals surface area contributed by atoms with E-state index < -0.39 is 12.2 Å². The minimum atomic E-state index is -0.548. The van der Waals surface area contributed by atoms with Gasteiger partial charge < -0.3 is 29.5 Å². The molecule has 3 unspecified atom stereocenters. The molecule has 200 valence electrons. The maximum Gasteiger partial charge on any atom is 0.191 e. The van der Waals surface area contributed by atoms with Gasteiger partial charge in [0.2, 0.25) is 0 Å². The second-order valence-electron chi connectivity index (χ2n) is 8.23. The Morgan fingerprint density at radius 3 is 1.68 bits per heavy atom. The highest BCUT2D eigenvalue weighted by Crippen LogP contribution is 2.41. The topological polar surface area (TPSA) is 125 Å². The number of phenols is 3. The summed E-state index contributed by atoms with van der Waals surface area (Å²) >= 11 is 0. The van der Waals surface area contributed by atoms with E-state index in [4.69, 9.17) is 33.8 Å². The van der Waals surface area contributed by atoms with Crippen molar-refractivity contribution < 1.29 is 49.1 Å². The Labute approximate surface area is 215 Å². The number of hydrogen-bond acceptors (Lipinski definition) is 10. The van der Waals surface area contributed by atoms with Crippen LogP contribution in [0.5, 0.6) is 40.2 Å². The minimum absolute atomic E-state index is 0.0626. The molecule has 3 aromatic carbocycles. The van der Waals surface area contributed by atoms with Crippen molar-refractivity contribution in [1.29, 1.82) is 0 Å². The summed E-state index contributed by atoms with van der Waals surface area (Å²) in [6.45, 7) is 5.31. The predicted molar refractivity (Wildman–Crippen MR) is 133 cm³/mol. The Morgan fingerprint density at radius 2 is 1.08 bits per heavy atom. The van der Waals surface area contributed by atoms with E-state index >= 15 is 0 Å². The van der Waals surface area contributed by atoms with E-state index in [0.29, 0.717) is 22.4 Å². The molecule has 0 bridgehead atoms. The van der Waals surface area contributed by atoms with Gasteiger partial charge in [0.05, 0.1) is 29.4 Å². The SMILES string of the molecule is COC(C)c1cc(O)ccc1OOc1cccc(OOc2cc(O)cc(O)c2C(C)OC)c1C(C)OC. The molecule has 0 aliphatic heterocycles. The molecule has 0 saturated heterocycles. The van der Waals surface area contributed by atoms with Gasteiger partial charge in [-0.2, -0.15) is 0 Å². The predicted octanol–water partition coefficient (Wildman–Crippen LogP) is 5.67. The Kier molecular flexibility index (Phi) is 9.29. The van der Waals surface area contributed by atoms with Crippen LogP contribution in [0.25, 0.3) is 0 Å². The van der Waals surface area contributed by atoms with Gasteiger partial charge in [-0.05, 0) is 51.1 Å². The summed E-state index contributed by atoms with van der Waals surface area (Å²) < 4.78 is 16.2. The summed E-state index contributed by atoms with van der Waals surface area (Å²) in [7, 11) is 4.55. The normalized spacial score (nSPS) is 13.5. The first kappa shape index (κ1) is 27.7. The fourth-order valence-electron chi connectivity index (χ4n) is 3.62. The van der Waals surface area contributed by atoms with Crippen LogP contribution in [0.1, 0.15) is 55.8 Å². The molecule has 0 spiro atoms. The number of hydrogen-bond donors (Lipinski definition) is 3. The monoisotopic (exact) mass is 516 g/mol. The van der Waals surface area contributed by atoms with Gasteiger partial charge >= 0.3 is 0 Å². The van der Waals surface area contributed by atoms with E-state index in [2.05, 4.69) is 0 Å². The van der Waals surface area contributed by atoms with Gasteiger partial charge in [-0.25, -0.2) is 0 Å². The Bertz CT molecular complexity index is 1200. The van der Waals surface area contributed by atoms with E-state index in [-0.39, 0.29) is 40.6 Å². The number of methoxy groups -OCH3 is 3. The molecule has 3 aromatic rings. The minimum Gasteiger partial charge on any atom is -0.508 e. The van der Waals surface area contributed by atoms with Crippen molar-refractivity contribution >= 4 is 0 Å². The van der Waals surface area contributed by atoms with Crippen molar-refractivity contribution in [3.05, 3.63) is 65.2 Å². The van der Waals surface area contributed by atoms with E-state index in [1.54, 1.807) is 45.2 Å². The molecule has 37 heavy (non-hydrogen) atoms. The lowest BCUT2D eigenvalue weighted by Gasteiger charge is -2.20. The summed E-state index contributed by atoms with van der Waals surface area (Å²) in [6.07, 6.45) is -1.42. The molecule has 0 aromatic heterocycles. The van der Waals surface area contributed by atoms with E-state index in [0.717, 1.165) is 0 Å². The van der Waals surface area contributed by atoms with Gasteiger partial charge in [-0.15, -0.1) is 0 Å². The van der Waals surface area contributed by atoms with Crippen LogP contribution >= 0.6 is 0 Å². The fraction of sp³-hybridized carbons (Fsp3) is 0.333. The zero-order chi connectivity index (χ0) is 27.1. The smallest absolute Gasteiger partial charge is 0.191 e. The third-order valence-electron chi connectivity index (χ3n) is 5.88. The third-order valence-corrected chi connectivity index (χ3v) is 5.88. The Hall–Kier alpha value is -3.86. The van der Waals surface area contributed by atoms with Crippen molar-refractivity contribution in [3.8, 4) is 40.2 Å². The van der Waals surface area contributed by atoms with Crippen LogP contribution in [0.4, 0.5) is 0 Å². The number of rotatable bonds is 12. The standard InChI is InChI=1S/C27H32O10/c1-15(31-4)20-12-18(28)10-11-22(20)34-35-23-8-7-9-24(27(23)17(3)33-6)36-37-25-14-19(29)13-21(30)26(25)16(2)32-5/h7-17,28-30H,1-6H3. The first-order chi connectivity index (χ1) is 17.7. The summed E-state index contributed by atoms with van der Waals surface area (Å²) in [5, 5.41) is 30.1. The van der Waals surface area contributed by atoms with Gasteiger partial charge in [0.1, 0.15) is 17.2 Å². The van der Waals surface area contributed by atoms with Crippen LogP contribution in [-0.4, -0.2) is 36.6 Å². The third kappa shape index (κ3) is 6.48. The van der Waals surface area contributed by atoms with Crippen molar-refractivity contribution in [2.75, 3.05) is 21.3 Å². The molecule has 0 aliphatic carbocycles.